The molecule has 0 aliphatic rings. The van der Waals surface area contributed by atoms with E-state index in [9.17, 15) is 14.4 Å². The Kier molecular flexibility index (Phi) is 6.03. The molecule has 8 heteroatoms. The molecule has 0 bridgehead atoms. The molecule has 1 heterocycles. The monoisotopic (exact) mass is 392 g/mol. The van der Waals surface area contributed by atoms with Crippen molar-refractivity contribution in [3.8, 4) is 5.69 Å². The van der Waals surface area contributed by atoms with Gasteiger partial charge >= 0.3 is 5.97 Å². The number of benzene rings is 2. The Morgan fingerprint density at radius 3 is 2.24 bits per heavy atom. The summed E-state index contributed by atoms with van der Waals surface area (Å²) >= 11 is 0. The third-order valence-electron chi connectivity index (χ3n) is 4.03. The maximum atomic E-state index is 12.1. The Labute approximate surface area is 167 Å². The first kappa shape index (κ1) is 19.8. The average Bonchev–Trinajstić information content (AvgIpc) is 3.27. The van der Waals surface area contributed by atoms with Crippen LogP contribution in [0.2, 0.25) is 0 Å². The molecule has 148 valence electrons. The molecule has 0 unspecified atom stereocenters. The van der Waals surface area contributed by atoms with Crippen molar-refractivity contribution < 1.29 is 19.1 Å². The lowest BCUT2D eigenvalue weighted by Crippen LogP contribution is -2.22. The van der Waals surface area contributed by atoms with Gasteiger partial charge in [-0.05, 0) is 54.6 Å². The van der Waals surface area contributed by atoms with E-state index in [0.717, 1.165) is 5.69 Å². The van der Waals surface area contributed by atoms with Crippen LogP contribution in [-0.4, -0.2) is 53.2 Å². The fraction of sp³-hybridized carbons (Fsp3) is 0.143. The van der Waals surface area contributed by atoms with Crippen LogP contribution < -0.4 is 5.32 Å². The zero-order chi connectivity index (χ0) is 20.8. The van der Waals surface area contributed by atoms with Gasteiger partial charge in [-0.25, -0.2) is 9.48 Å². The number of nitrogens with zero attached hydrogens (tertiary/aromatic N) is 3. The van der Waals surface area contributed by atoms with E-state index in [1.165, 1.54) is 4.90 Å². The number of carbonyl (C=O) groups is 3. The fourth-order valence-corrected chi connectivity index (χ4v) is 2.54. The van der Waals surface area contributed by atoms with Gasteiger partial charge in [0.05, 0.1) is 11.3 Å². The number of anilines is 1. The highest BCUT2D eigenvalue weighted by atomic mass is 16.5. The predicted molar refractivity (Wildman–Crippen MR) is 107 cm³/mol. The molecule has 1 N–H and O–H groups in total. The molecule has 8 nitrogen and oxygen atoms in total. The van der Waals surface area contributed by atoms with Gasteiger partial charge < -0.3 is 15.0 Å². The molecule has 2 aromatic carbocycles. The summed E-state index contributed by atoms with van der Waals surface area (Å²) in [5.41, 5.74) is 2.16. The number of amides is 2. The topological polar surface area (TPSA) is 93.5 Å². The smallest absolute Gasteiger partial charge is 0.338 e. The molecule has 1 aromatic heterocycles. The van der Waals surface area contributed by atoms with E-state index in [2.05, 4.69) is 10.4 Å². The van der Waals surface area contributed by atoms with Crippen molar-refractivity contribution in [2.24, 2.45) is 0 Å². The normalized spacial score (nSPS) is 10.3. The van der Waals surface area contributed by atoms with E-state index in [-0.39, 0.29) is 5.91 Å². The number of esters is 1. The summed E-state index contributed by atoms with van der Waals surface area (Å²) in [6.45, 7) is -0.419. The van der Waals surface area contributed by atoms with E-state index in [1.54, 1.807) is 85.8 Å². The summed E-state index contributed by atoms with van der Waals surface area (Å²) in [7, 11) is 3.33. The Bertz CT molecular complexity index is 994. The highest BCUT2D eigenvalue weighted by molar-refractivity contribution is 5.97. The number of ether oxygens (including phenoxy) is 1. The van der Waals surface area contributed by atoms with Crippen molar-refractivity contribution in [2.75, 3.05) is 26.0 Å². The maximum absolute atomic E-state index is 12.1. The summed E-state index contributed by atoms with van der Waals surface area (Å²) in [6.07, 6.45) is 3.45. The molecule has 0 spiro atoms. The minimum Gasteiger partial charge on any atom is -0.452 e. The lowest BCUT2D eigenvalue weighted by Gasteiger charge is -2.11. The van der Waals surface area contributed by atoms with Crippen LogP contribution in [0.5, 0.6) is 0 Å². The number of hydrogen-bond donors (Lipinski definition) is 1. The van der Waals surface area contributed by atoms with Gasteiger partial charge in [-0.2, -0.15) is 5.10 Å². The van der Waals surface area contributed by atoms with Crippen molar-refractivity contribution in [3.63, 3.8) is 0 Å². The van der Waals surface area contributed by atoms with Crippen LogP contribution in [0.25, 0.3) is 5.69 Å². The van der Waals surface area contributed by atoms with Crippen LogP contribution in [0.4, 0.5) is 5.69 Å². The third kappa shape index (κ3) is 5.07. The Hall–Kier alpha value is -3.94. The summed E-state index contributed by atoms with van der Waals surface area (Å²) < 4.78 is 6.72. The summed E-state index contributed by atoms with van der Waals surface area (Å²) in [4.78, 5) is 37.4. The molecule has 3 rings (SSSR count). The molecular weight excluding hydrogens is 372 g/mol. The van der Waals surface area contributed by atoms with Gasteiger partial charge in [-0.1, -0.05) is 0 Å². The minimum absolute atomic E-state index is 0.129. The highest BCUT2D eigenvalue weighted by Gasteiger charge is 2.12. The first-order chi connectivity index (χ1) is 13.9. The first-order valence-corrected chi connectivity index (χ1v) is 8.83. The summed E-state index contributed by atoms with van der Waals surface area (Å²) in [5.74, 6) is -1.20. The van der Waals surface area contributed by atoms with Gasteiger partial charge in [-0.3, -0.25) is 9.59 Å². The van der Waals surface area contributed by atoms with Gasteiger partial charge in [0.2, 0.25) is 0 Å². The fourth-order valence-electron chi connectivity index (χ4n) is 2.54. The second-order valence-electron chi connectivity index (χ2n) is 6.40. The van der Waals surface area contributed by atoms with Crippen LogP contribution in [0.1, 0.15) is 20.7 Å². The standard InChI is InChI=1S/C21H20N4O4/c1-24(2)20(27)15-4-8-17(9-5-15)23-19(26)14-29-21(28)16-6-10-18(11-7-16)25-13-3-12-22-25/h3-13H,14H2,1-2H3,(H,23,26). The van der Waals surface area contributed by atoms with Gasteiger partial charge in [0.15, 0.2) is 6.61 Å². The molecule has 0 fully saturated rings. The van der Waals surface area contributed by atoms with Crippen LogP contribution in [0, 0.1) is 0 Å². The van der Waals surface area contributed by atoms with Crippen molar-refractivity contribution in [1.82, 2.24) is 14.7 Å². The minimum atomic E-state index is -0.598. The van der Waals surface area contributed by atoms with Crippen molar-refractivity contribution in [2.45, 2.75) is 0 Å². The molecule has 2 amide bonds. The predicted octanol–water partition coefficient (Wildman–Crippen LogP) is 2.37. The molecule has 0 radical (unpaired) electrons. The quantitative estimate of drug-likeness (QED) is 0.650. The lowest BCUT2D eigenvalue weighted by atomic mass is 10.2. The number of aromatic nitrogens is 2. The lowest BCUT2D eigenvalue weighted by molar-refractivity contribution is -0.119. The molecule has 0 aliphatic heterocycles. The molecule has 0 saturated carbocycles. The number of hydrogen-bond acceptors (Lipinski definition) is 5. The Morgan fingerprint density at radius 1 is 1.00 bits per heavy atom. The molecule has 0 atom stereocenters. The van der Waals surface area contributed by atoms with E-state index >= 15 is 0 Å². The van der Waals surface area contributed by atoms with E-state index in [0.29, 0.717) is 16.8 Å². The first-order valence-electron chi connectivity index (χ1n) is 8.83. The zero-order valence-corrected chi connectivity index (χ0v) is 16.0. The third-order valence-corrected chi connectivity index (χ3v) is 4.03. The van der Waals surface area contributed by atoms with Crippen LogP contribution in [0.15, 0.2) is 67.0 Å². The van der Waals surface area contributed by atoms with Crippen LogP contribution >= 0.6 is 0 Å². The molecule has 29 heavy (non-hydrogen) atoms. The van der Waals surface area contributed by atoms with Crippen molar-refractivity contribution in [1.29, 1.82) is 0 Å². The van der Waals surface area contributed by atoms with E-state index in [4.69, 9.17) is 4.74 Å². The van der Waals surface area contributed by atoms with E-state index < -0.39 is 18.5 Å². The van der Waals surface area contributed by atoms with E-state index in [1.807, 2.05) is 0 Å². The van der Waals surface area contributed by atoms with Gasteiger partial charge in [-0.15, -0.1) is 0 Å². The highest BCUT2D eigenvalue weighted by Crippen LogP contribution is 2.12. The maximum Gasteiger partial charge on any atom is 0.338 e. The summed E-state index contributed by atoms with van der Waals surface area (Å²) in [5, 5.41) is 6.73. The largest absolute Gasteiger partial charge is 0.452 e. The summed E-state index contributed by atoms with van der Waals surface area (Å²) in [6, 6.07) is 15.0. The van der Waals surface area contributed by atoms with Crippen LogP contribution in [0.3, 0.4) is 0 Å². The van der Waals surface area contributed by atoms with Gasteiger partial charge in [0, 0.05) is 37.7 Å². The molecule has 3 aromatic rings. The molecular formula is C21H20N4O4. The molecule has 0 aliphatic carbocycles. The molecule has 0 saturated heterocycles. The number of carbonyl (C=O) groups excluding carboxylic acids is 3. The number of rotatable bonds is 6. The second kappa shape index (κ2) is 8.83. The Balaban J connectivity index is 1.51. The average molecular weight is 392 g/mol. The second-order valence-corrected chi connectivity index (χ2v) is 6.40. The van der Waals surface area contributed by atoms with Gasteiger partial charge in [0.1, 0.15) is 0 Å². The van der Waals surface area contributed by atoms with Crippen molar-refractivity contribution in [3.05, 3.63) is 78.1 Å². The number of nitrogens with one attached hydrogen (secondary N) is 1. The zero-order valence-electron chi connectivity index (χ0n) is 16.0. The SMILES string of the molecule is CN(C)C(=O)c1ccc(NC(=O)COC(=O)c2ccc(-n3cccn3)cc2)cc1. The van der Waals surface area contributed by atoms with Crippen LogP contribution in [-0.2, 0) is 9.53 Å². The van der Waals surface area contributed by atoms with Gasteiger partial charge in [0.25, 0.3) is 11.8 Å². The Morgan fingerprint density at radius 2 is 1.66 bits per heavy atom. The van der Waals surface area contributed by atoms with Crippen molar-refractivity contribution >= 4 is 23.5 Å².